The average molecular weight is 435 g/mol. The first-order valence-corrected chi connectivity index (χ1v) is 11.3. The molecule has 0 saturated carbocycles. The summed E-state index contributed by atoms with van der Waals surface area (Å²) in [6.07, 6.45) is 5.82. The third kappa shape index (κ3) is 3.52. The summed E-state index contributed by atoms with van der Waals surface area (Å²) >= 11 is 0. The second kappa shape index (κ2) is 8.87. The van der Waals surface area contributed by atoms with Gasteiger partial charge in [-0.3, -0.25) is 9.48 Å². The minimum atomic E-state index is -0.621. The summed E-state index contributed by atoms with van der Waals surface area (Å²) in [6, 6.07) is 11.7. The van der Waals surface area contributed by atoms with Crippen molar-refractivity contribution in [3.8, 4) is 11.1 Å². The second-order valence-electron chi connectivity index (χ2n) is 8.59. The zero-order valence-electron chi connectivity index (χ0n) is 19.3. The van der Waals surface area contributed by atoms with Gasteiger partial charge in [0.05, 0.1) is 18.2 Å². The lowest BCUT2D eigenvalue weighted by Gasteiger charge is -2.27. The molecular formula is C26H31FN4O. The predicted molar refractivity (Wildman–Crippen MR) is 126 cm³/mol. The Morgan fingerprint density at radius 3 is 2.59 bits per heavy atom. The van der Waals surface area contributed by atoms with Crippen molar-refractivity contribution in [2.24, 2.45) is 7.05 Å². The van der Waals surface area contributed by atoms with E-state index in [2.05, 4.69) is 10.4 Å². The van der Waals surface area contributed by atoms with Gasteiger partial charge in [-0.05, 0) is 42.6 Å². The molecule has 0 saturated heterocycles. The molecule has 5 nitrogen and oxygen atoms in total. The summed E-state index contributed by atoms with van der Waals surface area (Å²) < 4.78 is 17.5. The fourth-order valence-electron chi connectivity index (χ4n) is 4.98. The van der Waals surface area contributed by atoms with Crippen LogP contribution in [0.4, 0.5) is 10.1 Å². The number of carbonyl (C=O) groups is 1. The van der Waals surface area contributed by atoms with Crippen LogP contribution in [0.5, 0.6) is 0 Å². The molecule has 168 valence electrons. The molecule has 6 heteroatoms. The van der Waals surface area contributed by atoms with Crippen LogP contribution in [0.25, 0.3) is 11.1 Å². The molecule has 1 aliphatic rings. The Bertz CT molecular complexity index is 1140. The molecule has 0 spiro atoms. The van der Waals surface area contributed by atoms with Gasteiger partial charge < -0.3 is 10.2 Å². The van der Waals surface area contributed by atoms with E-state index < -0.39 is 5.41 Å². The molecule has 0 aliphatic carbocycles. The van der Waals surface area contributed by atoms with Crippen molar-refractivity contribution in [1.82, 2.24) is 15.1 Å². The first kappa shape index (κ1) is 22.2. The van der Waals surface area contributed by atoms with Crippen LogP contribution in [0.1, 0.15) is 43.4 Å². The zero-order chi connectivity index (χ0) is 22.9. The molecule has 4 rings (SSSR count). The lowest BCUT2D eigenvalue weighted by molar-refractivity contribution is -0.123. The maximum atomic E-state index is 15.8. The highest BCUT2D eigenvalue weighted by atomic mass is 19.1. The van der Waals surface area contributed by atoms with E-state index in [4.69, 9.17) is 0 Å². The standard InChI is InChI=1S/C26H31FN4O/c1-5-9-21-20(19-14-29-30(4)15-19)13-12-18(24(21)27)16-31-23-11-8-7-10-22(23)26(6-2,17-28-3)25(31)32/h7-8,10-15,28H,5-6,9,16-17H2,1-4H3. The Hall–Kier alpha value is -2.99. The number of aromatic nitrogens is 2. The maximum absolute atomic E-state index is 15.8. The van der Waals surface area contributed by atoms with E-state index >= 15 is 4.39 Å². The van der Waals surface area contributed by atoms with Gasteiger partial charge in [-0.2, -0.15) is 5.10 Å². The topological polar surface area (TPSA) is 50.2 Å². The zero-order valence-corrected chi connectivity index (χ0v) is 19.3. The van der Waals surface area contributed by atoms with Gasteiger partial charge in [0, 0.05) is 36.6 Å². The quantitative estimate of drug-likeness (QED) is 0.564. The Morgan fingerprint density at radius 1 is 1.16 bits per heavy atom. The monoisotopic (exact) mass is 434 g/mol. The molecule has 3 aromatic rings. The number of benzene rings is 2. The number of nitrogens with zero attached hydrogens (tertiary/aromatic N) is 3. The lowest BCUT2D eigenvalue weighted by Crippen LogP contribution is -2.45. The summed E-state index contributed by atoms with van der Waals surface area (Å²) in [5, 5.41) is 7.44. The minimum Gasteiger partial charge on any atom is -0.318 e. The first-order valence-electron chi connectivity index (χ1n) is 11.3. The molecule has 1 unspecified atom stereocenters. The Balaban J connectivity index is 1.76. The maximum Gasteiger partial charge on any atom is 0.239 e. The number of hydrogen-bond donors (Lipinski definition) is 1. The van der Waals surface area contributed by atoms with Crippen molar-refractivity contribution in [3.63, 3.8) is 0 Å². The summed E-state index contributed by atoms with van der Waals surface area (Å²) in [7, 11) is 3.72. The molecule has 0 radical (unpaired) electrons. The van der Waals surface area contributed by atoms with Crippen LogP contribution in [0.3, 0.4) is 0 Å². The number of hydrogen-bond acceptors (Lipinski definition) is 3. The number of rotatable bonds is 8. The molecule has 0 fully saturated rings. The van der Waals surface area contributed by atoms with Crippen LogP contribution in [-0.2, 0) is 30.2 Å². The number of halogens is 1. The number of fused-ring (bicyclic) bond motifs is 1. The SMILES string of the molecule is CCCc1c(-c2cnn(C)c2)ccc(CN2C(=O)C(CC)(CNC)c3ccccc32)c1F. The summed E-state index contributed by atoms with van der Waals surface area (Å²) in [4.78, 5) is 15.4. The second-order valence-corrected chi connectivity index (χ2v) is 8.59. The summed E-state index contributed by atoms with van der Waals surface area (Å²) in [6.45, 7) is 4.86. The van der Waals surface area contributed by atoms with Crippen molar-refractivity contribution in [2.45, 2.75) is 45.1 Å². The number of amides is 1. The van der Waals surface area contributed by atoms with Crippen LogP contribution in [0.2, 0.25) is 0 Å². The highest BCUT2D eigenvalue weighted by Gasteiger charge is 2.49. The van der Waals surface area contributed by atoms with Gasteiger partial charge >= 0.3 is 0 Å². The molecule has 32 heavy (non-hydrogen) atoms. The third-order valence-corrected chi connectivity index (χ3v) is 6.61. The highest BCUT2D eigenvalue weighted by molar-refractivity contribution is 6.08. The van der Waals surface area contributed by atoms with Crippen molar-refractivity contribution in [2.75, 3.05) is 18.5 Å². The number of anilines is 1. The molecule has 2 aromatic carbocycles. The van der Waals surface area contributed by atoms with E-state index in [0.717, 1.165) is 28.8 Å². The van der Waals surface area contributed by atoms with E-state index in [1.165, 1.54) is 0 Å². The van der Waals surface area contributed by atoms with Crippen LogP contribution < -0.4 is 10.2 Å². The number of aryl methyl sites for hydroxylation is 1. The van der Waals surface area contributed by atoms with Gasteiger partial charge in [-0.1, -0.05) is 50.6 Å². The normalized spacial score (nSPS) is 17.8. The first-order chi connectivity index (χ1) is 15.5. The molecule has 1 aliphatic heterocycles. The van der Waals surface area contributed by atoms with Crippen molar-refractivity contribution >= 4 is 11.6 Å². The fraction of sp³-hybridized carbons (Fsp3) is 0.385. The van der Waals surface area contributed by atoms with Crippen molar-refractivity contribution < 1.29 is 9.18 Å². The van der Waals surface area contributed by atoms with Gasteiger partial charge in [-0.25, -0.2) is 4.39 Å². The minimum absolute atomic E-state index is 0.0309. The molecule has 1 atom stereocenters. The molecule has 1 amide bonds. The van der Waals surface area contributed by atoms with Crippen LogP contribution >= 0.6 is 0 Å². The van der Waals surface area contributed by atoms with Crippen molar-refractivity contribution in [1.29, 1.82) is 0 Å². The highest BCUT2D eigenvalue weighted by Crippen LogP contribution is 2.44. The molecule has 1 aromatic heterocycles. The predicted octanol–water partition coefficient (Wildman–Crippen LogP) is 4.59. The van der Waals surface area contributed by atoms with Crippen LogP contribution in [0.15, 0.2) is 48.8 Å². The van der Waals surface area contributed by atoms with Crippen LogP contribution in [0, 0.1) is 5.82 Å². The van der Waals surface area contributed by atoms with E-state index in [0.29, 0.717) is 30.5 Å². The molecular weight excluding hydrogens is 403 g/mol. The summed E-state index contributed by atoms with van der Waals surface area (Å²) in [5.74, 6) is -0.190. The largest absolute Gasteiger partial charge is 0.318 e. The molecule has 1 N–H and O–H groups in total. The average Bonchev–Trinajstić information content (AvgIpc) is 3.32. The Labute approximate surface area is 189 Å². The summed E-state index contributed by atoms with van der Waals surface area (Å²) in [5.41, 5.74) is 4.28. The van der Waals surface area contributed by atoms with E-state index in [1.54, 1.807) is 15.8 Å². The number of carbonyl (C=O) groups excluding carboxylic acids is 1. The fourth-order valence-corrected chi connectivity index (χ4v) is 4.98. The Kier molecular flexibility index (Phi) is 6.15. The number of likely N-dealkylation sites (N-methyl/N-ethyl adjacent to an activating group) is 1. The van der Waals surface area contributed by atoms with Gasteiger partial charge in [0.25, 0.3) is 0 Å². The number of nitrogens with one attached hydrogen (secondary N) is 1. The van der Waals surface area contributed by atoms with Gasteiger partial charge in [0.2, 0.25) is 5.91 Å². The van der Waals surface area contributed by atoms with Gasteiger partial charge in [0.1, 0.15) is 5.82 Å². The van der Waals surface area contributed by atoms with E-state index in [1.807, 2.05) is 70.5 Å². The van der Waals surface area contributed by atoms with E-state index in [9.17, 15) is 4.79 Å². The van der Waals surface area contributed by atoms with Crippen molar-refractivity contribution in [3.05, 3.63) is 71.3 Å². The molecule has 0 bridgehead atoms. The van der Waals surface area contributed by atoms with E-state index in [-0.39, 0.29) is 18.3 Å². The smallest absolute Gasteiger partial charge is 0.239 e. The Morgan fingerprint density at radius 2 is 1.94 bits per heavy atom. The van der Waals surface area contributed by atoms with Crippen LogP contribution in [-0.4, -0.2) is 29.3 Å². The van der Waals surface area contributed by atoms with Gasteiger partial charge in [0.15, 0.2) is 0 Å². The molecule has 2 heterocycles. The number of para-hydroxylation sites is 1. The lowest BCUT2D eigenvalue weighted by atomic mass is 9.79. The van der Waals surface area contributed by atoms with Gasteiger partial charge in [-0.15, -0.1) is 0 Å². The third-order valence-electron chi connectivity index (χ3n) is 6.61.